The van der Waals surface area contributed by atoms with Crippen LogP contribution in [0.15, 0.2) is 48.8 Å². The number of nitrogens with one attached hydrogen (secondary N) is 1. The van der Waals surface area contributed by atoms with Gasteiger partial charge in [-0.05, 0) is 12.5 Å². The van der Waals surface area contributed by atoms with Crippen LogP contribution in [0.5, 0.6) is 0 Å². The van der Waals surface area contributed by atoms with Crippen molar-refractivity contribution in [2.24, 2.45) is 0 Å². The molecule has 1 saturated heterocycles. The fourth-order valence-electron chi connectivity index (χ4n) is 3.43. The molecule has 1 aliphatic rings. The minimum atomic E-state index is -0.448. The van der Waals surface area contributed by atoms with E-state index in [1.54, 1.807) is 6.92 Å². The highest BCUT2D eigenvalue weighted by Gasteiger charge is 2.28. The Labute approximate surface area is 187 Å². The van der Waals surface area contributed by atoms with Crippen molar-refractivity contribution in [3.8, 4) is 0 Å². The maximum atomic E-state index is 12.7. The van der Waals surface area contributed by atoms with Gasteiger partial charge in [-0.15, -0.1) is 0 Å². The summed E-state index contributed by atoms with van der Waals surface area (Å²) in [7, 11) is 0. The number of anilines is 1. The number of aromatic nitrogens is 2. The molecule has 2 heterocycles. The first-order valence-electron chi connectivity index (χ1n) is 10.7. The van der Waals surface area contributed by atoms with E-state index in [2.05, 4.69) is 20.2 Å². The van der Waals surface area contributed by atoms with Crippen LogP contribution in [0.2, 0.25) is 0 Å². The Bertz CT molecular complexity index is 896. The van der Waals surface area contributed by atoms with Crippen LogP contribution in [0.25, 0.3) is 6.08 Å². The van der Waals surface area contributed by atoms with Gasteiger partial charge in [0.25, 0.3) is 0 Å². The Hall–Kier alpha value is -3.30. The largest absolute Gasteiger partial charge is 0.462 e. The molecular formula is C23H29N5O4. The smallest absolute Gasteiger partial charge is 0.341 e. The average Bonchev–Trinajstić information content (AvgIpc) is 2.84. The SMILES string of the molecule is CCOC(=O)c1cnc(N2CCN(C(/C=C/c3ccccc3)C(=O)NCCO)CC2)nc1. The number of esters is 1. The summed E-state index contributed by atoms with van der Waals surface area (Å²) in [4.78, 5) is 37.2. The average molecular weight is 440 g/mol. The number of hydrogen-bond donors (Lipinski definition) is 2. The number of carbonyl (C=O) groups excluding carboxylic acids is 2. The molecule has 0 saturated carbocycles. The zero-order chi connectivity index (χ0) is 22.8. The van der Waals surface area contributed by atoms with Gasteiger partial charge in [0.1, 0.15) is 6.04 Å². The molecule has 170 valence electrons. The van der Waals surface area contributed by atoms with Crippen molar-refractivity contribution in [3.05, 3.63) is 59.9 Å². The molecule has 9 heteroatoms. The summed E-state index contributed by atoms with van der Waals surface area (Å²) in [6, 6.07) is 9.36. The molecule has 32 heavy (non-hydrogen) atoms. The predicted octanol–water partition coefficient (Wildman–Crippen LogP) is 0.966. The number of carbonyl (C=O) groups is 2. The summed E-state index contributed by atoms with van der Waals surface area (Å²) < 4.78 is 4.96. The molecule has 2 aromatic rings. The zero-order valence-corrected chi connectivity index (χ0v) is 18.2. The number of aliphatic hydroxyl groups is 1. The van der Waals surface area contributed by atoms with E-state index in [9.17, 15) is 9.59 Å². The number of benzene rings is 1. The van der Waals surface area contributed by atoms with E-state index in [1.807, 2.05) is 47.4 Å². The van der Waals surface area contributed by atoms with E-state index < -0.39 is 12.0 Å². The second-order valence-corrected chi connectivity index (χ2v) is 7.24. The van der Waals surface area contributed by atoms with E-state index in [0.29, 0.717) is 44.3 Å². The second-order valence-electron chi connectivity index (χ2n) is 7.24. The lowest BCUT2D eigenvalue weighted by Crippen LogP contribution is -2.54. The van der Waals surface area contributed by atoms with Gasteiger partial charge in [-0.3, -0.25) is 9.69 Å². The van der Waals surface area contributed by atoms with Crippen LogP contribution in [-0.4, -0.2) is 83.8 Å². The molecule has 3 rings (SSSR count). The summed E-state index contributed by atoms with van der Waals surface area (Å²) >= 11 is 0. The lowest BCUT2D eigenvalue weighted by molar-refractivity contribution is -0.125. The first kappa shape index (κ1) is 23.4. The van der Waals surface area contributed by atoms with Gasteiger partial charge in [0.05, 0.1) is 18.8 Å². The number of ether oxygens (including phenoxy) is 1. The molecule has 1 amide bonds. The van der Waals surface area contributed by atoms with Crippen molar-refractivity contribution >= 4 is 23.9 Å². The highest BCUT2D eigenvalue weighted by atomic mass is 16.5. The van der Waals surface area contributed by atoms with E-state index >= 15 is 0 Å². The maximum Gasteiger partial charge on any atom is 0.341 e. The van der Waals surface area contributed by atoms with Gasteiger partial charge >= 0.3 is 5.97 Å². The monoisotopic (exact) mass is 439 g/mol. The minimum absolute atomic E-state index is 0.103. The predicted molar refractivity (Wildman–Crippen MR) is 121 cm³/mol. The Morgan fingerprint density at radius 2 is 1.84 bits per heavy atom. The molecule has 0 aliphatic carbocycles. The third-order valence-corrected chi connectivity index (χ3v) is 5.09. The summed E-state index contributed by atoms with van der Waals surface area (Å²) in [5.41, 5.74) is 1.34. The van der Waals surface area contributed by atoms with Gasteiger partial charge in [0.2, 0.25) is 11.9 Å². The van der Waals surface area contributed by atoms with Crippen LogP contribution in [0.3, 0.4) is 0 Å². The topological polar surface area (TPSA) is 108 Å². The van der Waals surface area contributed by atoms with Crippen LogP contribution < -0.4 is 10.2 Å². The number of piperazine rings is 1. The number of rotatable bonds is 9. The van der Waals surface area contributed by atoms with Crippen LogP contribution in [0.1, 0.15) is 22.8 Å². The molecule has 1 aliphatic heterocycles. The summed E-state index contributed by atoms with van der Waals surface area (Å²) in [6.45, 7) is 4.72. The number of amides is 1. The lowest BCUT2D eigenvalue weighted by Gasteiger charge is -2.37. The van der Waals surface area contributed by atoms with Gasteiger partial charge in [-0.2, -0.15) is 0 Å². The normalized spacial score (nSPS) is 15.5. The summed E-state index contributed by atoms with van der Waals surface area (Å²) in [5, 5.41) is 11.8. The van der Waals surface area contributed by atoms with Crippen molar-refractivity contribution in [3.63, 3.8) is 0 Å². The highest BCUT2D eigenvalue weighted by Crippen LogP contribution is 2.15. The number of hydrogen-bond acceptors (Lipinski definition) is 8. The minimum Gasteiger partial charge on any atom is -0.462 e. The van der Waals surface area contributed by atoms with Gasteiger partial charge < -0.3 is 20.1 Å². The van der Waals surface area contributed by atoms with Gasteiger partial charge in [-0.25, -0.2) is 14.8 Å². The van der Waals surface area contributed by atoms with Crippen LogP contribution >= 0.6 is 0 Å². The summed E-state index contributed by atoms with van der Waals surface area (Å²) in [6.07, 6.45) is 6.77. The first-order valence-corrected chi connectivity index (χ1v) is 10.7. The maximum absolute atomic E-state index is 12.7. The second kappa shape index (κ2) is 11.9. The molecule has 2 N–H and O–H groups in total. The lowest BCUT2D eigenvalue weighted by atomic mass is 10.1. The van der Waals surface area contributed by atoms with Gasteiger partial charge in [0.15, 0.2) is 0 Å². The molecule has 1 aromatic carbocycles. The van der Waals surface area contributed by atoms with Gasteiger partial charge in [-0.1, -0.05) is 42.5 Å². The molecule has 9 nitrogen and oxygen atoms in total. The third kappa shape index (κ3) is 6.35. The molecule has 1 atom stereocenters. The quantitative estimate of drug-likeness (QED) is 0.557. The molecule has 0 spiro atoms. The first-order chi connectivity index (χ1) is 15.6. The molecule has 1 unspecified atom stereocenters. The van der Waals surface area contributed by atoms with Crippen molar-refractivity contribution in [2.75, 3.05) is 50.8 Å². The Morgan fingerprint density at radius 3 is 2.47 bits per heavy atom. The van der Waals surface area contributed by atoms with E-state index in [-0.39, 0.29) is 19.1 Å². The van der Waals surface area contributed by atoms with Crippen LogP contribution in [-0.2, 0) is 9.53 Å². The van der Waals surface area contributed by atoms with E-state index in [0.717, 1.165) is 5.56 Å². The van der Waals surface area contributed by atoms with Crippen molar-refractivity contribution in [2.45, 2.75) is 13.0 Å². The van der Waals surface area contributed by atoms with Gasteiger partial charge in [0, 0.05) is 45.1 Å². The van der Waals surface area contributed by atoms with Crippen molar-refractivity contribution in [1.29, 1.82) is 0 Å². The standard InChI is InChI=1S/C23H29N5O4/c1-2-32-22(31)19-16-25-23(26-17-19)28-13-11-27(12-14-28)20(21(30)24-10-15-29)9-8-18-6-4-3-5-7-18/h3-9,16-17,20,29H,2,10-15H2,1H3,(H,24,30)/b9-8+. The summed E-state index contributed by atoms with van der Waals surface area (Å²) in [5.74, 6) is -0.0423. The Kier molecular flexibility index (Phi) is 8.70. The number of aliphatic hydroxyl groups excluding tert-OH is 1. The third-order valence-electron chi connectivity index (χ3n) is 5.09. The van der Waals surface area contributed by atoms with Crippen molar-refractivity contribution in [1.82, 2.24) is 20.2 Å². The number of nitrogens with zero attached hydrogens (tertiary/aromatic N) is 4. The Balaban J connectivity index is 1.64. The molecule has 1 fully saturated rings. The van der Waals surface area contributed by atoms with E-state index in [4.69, 9.17) is 9.84 Å². The fraction of sp³-hybridized carbons (Fsp3) is 0.391. The fourth-order valence-corrected chi connectivity index (χ4v) is 3.43. The van der Waals surface area contributed by atoms with Crippen molar-refractivity contribution < 1.29 is 19.4 Å². The molecule has 0 radical (unpaired) electrons. The molecular weight excluding hydrogens is 410 g/mol. The Morgan fingerprint density at radius 1 is 1.16 bits per heavy atom. The van der Waals surface area contributed by atoms with E-state index in [1.165, 1.54) is 12.4 Å². The van der Waals surface area contributed by atoms with Crippen LogP contribution in [0, 0.1) is 0 Å². The van der Waals surface area contributed by atoms with Crippen LogP contribution in [0.4, 0.5) is 5.95 Å². The highest BCUT2D eigenvalue weighted by molar-refractivity contribution is 5.88. The molecule has 1 aromatic heterocycles. The zero-order valence-electron chi connectivity index (χ0n) is 18.2. The molecule has 0 bridgehead atoms.